The van der Waals surface area contributed by atoms with Crippen LogP contribution in [0.3, 0.4) is 0 Å². The number of rotatable bonds is 4. The van der Waals surface area contributed by atoms with Crippen LogP contribution in [-0.4, -0.2) is 26.2 Å². The minimum atomic E-state index is -0.973. The summed E-state index contributed by atoms with van der Waals surface area (Å²) in [6, 6.07) is 14.9. The fourth-order valence-electron chi connectivity index (χ4n) is 3.50. The highest BCUT2D eigenvalue weighted by Crippen LogP contribution is 2.43. The van der Waals surface area contributed by atoms with Gasteiger partial charge in [0.2, 0.25) is 0 Å². The summed E-state index contributed by atoms with van der Waals surface area (Å²) >= 11 is 0. The van der Waals surface area contributed by atoms with Gasteiger partial charge in [-0.05, 0) is 30.2 Å². The highest BCUT2D eigenvalue weighted by atomic mass is 19.1. The van der Waals surface area contributed by atoms with Crippen molar-refractivity contribution in [2.24, 2.45) is 5.73 Å². The van der Waals surface area contributed by atoms with Crippen LogP contribution in [0.5, 0.6) is 0 Å². The average Bonchev–Trinajstić information content (AvgIpc) is 2.79. The highest BCUT2D eigenvalue weighted by molar-refractivity contribution is 6.06. The van der Waals surface area contributed by atoms with Crippen LogP contribution in [0.4, 0.5) is 10.1 Å². The van der Waals surface area contributed by atoms with Crippen molar-refractivity contribution in [3.05, 3.63) is 88.1 Å². The molecule has 0 spiro atoms. The molecule has 0 fully saturated rings. The summed E-state index contributed by atoms with van der Waals surface area (Å²) in [7, 11) is 2.31. The van der Waals surface area contributed by atoms with E-state index in [1.165, 1.54) is 12.1 Å². The van der Waals surface area contributed by atoms with Gasteiger partial charge in [0.25, 0.3) is 0 Å². The van der Waals surface area contributed by atoms with Crippen molar-refractivity contribution in [3.8, 4) is 6.07 Å². The lowest BCUT2D eigenvalue weighted by Crippen LogP contribution is -2.40. The van der Waals surface area contributed by atoms with Crippen molar-refractivity contribution >= 4 is 17.6 Å². The Morgan fingerprint density at radius 2 is 1.74 bits per heavy atom. The number of methoxy groups -OCH3 is 2. The maximum absolute atomic E-state index is 14.3. The molecule has 0 amide bonds. The molecule has 1 aliphatic rings. The molecule has 2 aromatic carbocycles. The monoisotopic (exact) mass is 421 g/mol. The first-order valence-corrected chi connectivity index (χ1v) is 9.27. The van der Waals surface area contributed by atoms with E-state index in [9.17, 15) is 19.2 Å². The Kier molecular flexibility index (Phi) is 6.07. The number of nitrogens with zero attached hydrogens (tertiary/aromatic N) is 2. The van der Waals surface area contributed by atoms with Crippen molar-refractivity contribution < 1.29 is 23.5 Å². The van der Waals surface area contributed by atoms with Gasteiger partial charge >= 0.3 is 11.9 Å². The zero-order chi connectivity index (χ0) is 22.7. The van der Waals surface area contributed by atoms with Crippen LogP contribution in [0.15, 0.2) is 71.2 Å². The minimum absolute atomic E-state index is 0.0141. The molecular weight excluding hydrogens is 401 g/mol. The maximum Gasteiger partial charge on any atom is 0.355 e. The molecule has 0 saturated heterocycles. The second-order valence-electron chi connectivity index (χ2n) is 6.77. The normalized spacial score (nSPS) is 16.1. The molecule has 8 heteroatoms. The first-order valence-electron chi connectivity index (χ1n) is 9.27. The van der Waals surface area contributed by atoms with Crippen LogP contribution < -0.4 is 10.6 Å². The molecule has 1 aliphatic heterocycles. The Hall–Kier alpha value is -4.12. The van der Waals surface area contributed by atoms with E-state index in [0.29, 0.717) is 11.1 Å². The third kappa shape index (κ3) is 3.73. The number of anilines is 1. The summed E-state index contributed by atoms with van der Waals surface area (Å²) < 4.78 is 24.2. The molecule has 0 radical (unpaired) electrons. The van der Waals surface area contributed by atoms with Crippen molar-refractivity contribution in [2.75, 3.05) is 19.1 Å². The number of esters is 2. The van der Waals surface area contributed by atoms with Gasteiger partial charge in [-0.15, -0.1) is 0 Å². The van der Waals surface area contributed by atoms with Gasteiger partial charge in [-0.1, -0.05) is 36.4 Å². The van der Waals surface area contributed by atoms with E-state index in [2.05, 4.69) is 0 Å². The number of nitrogens with two attached hydrogens (primary N) is 1. The summed E-state index contributed by atoms with van der Waals surface area (Å²) in [4.78, 5) is 26.9. The standard InChI is InChI=1S/C23H20FN3O4/c1-13-9-10-15(11-17(13)24)27-20(23(29)31-3)19(22(28)30-2)18(16(12-25)21(27)26)14-7-5-4-6-8-14/h4-11,18H,26H2,1-3H3. The number of nitriles is 1. The zero-order valence-electron chi connectivity index (χ0n) is 17.2. The molecule has 3 rings (SSSR count). The van der Waals surface area contributed by atoms with Gasteiger partial charge in [0.15, 0.2) is 0 Å². The number of benzene rings is 2. The lowest BCUT2D eigenvalue weighted by molar-refractivity contribution is -0.139. The third-order valence-corrected chi connectivity index (χ3v) is 5.02. The molecule has 0 saturated carbocycles. The van der Waals surface area contributed by atoms with Crippen LogP contribution in [-0.2, 0) is 19.1 Å². The Balaban J connectivity index is 2.41. The third-order valence-electron chi connectivity index (χ3n) is 5.02. The van der Waals surface area contributed by atoms with Crippen molar-refractivity contribution in [1.82, 2.24) is 0 Å². The molecule has 1 atom stereocenters. The molecule has 7 nitrogen and oxygen atoms in total. The fourth-order valence-corrected chi connectivity index (χ4v) is 3.50. The number of halogens is 1. The SMILES string of the molecule is COC(=O)C1=C(C(=O)OC)N(c2ccc(C)c(F)c2)C(N)=C(C#N)C1c1ccccc1. The topological polar surface area (TPSA) is 106 Å². The van der Waals surface area contributed by atoms with E-state index >= 15 is 0 Å². The predicted molar refractivity (Wildman–Crippen MR) is 111 cm³/mol. The van der Waals surface area contributed by atoms with Crippen LogP contribution in [0.1, 0.15) is 17.0 Å². The van der Waals surface area contributed by atoms with Gasteiger partial charge in [-0.2, -0.15) is 5.26 Å². The van der Waals surface area contributed by atoms with E-state index in [4.69, 9.17) is 15.2 Å². The van der Waals surface area contributed by atoms with Gasteiger partial charge in [0.05, 0.1) is 43.0 Å². The molecule has 31 heavy (non-hydrogen) atoms. The number of hydrogen-bond acceptors (Lipinski definition) is 7. The van der Waals surface area contributed by atoms with E-state index in [1.54, 1.807) is 37.3 Å². The largest absolute Gasteiger partial charge is 0.466 e. The molecule has 158 valence electrons. The van der Waals surface area contributed by atoms with Crippen LogP contribution in [0, 0.1) is 24.1 Å². The van der Waals surface area contributed by atoms with Gasteiger partial charge in [-0.3, -0.25) is 4.90 Å². The van der Waals surface area contributed by atoms with E-state index in [1.807, 2.05) is 6.07 Å². The molecule has 0 bridgehead atoms. The van der Waals surface area contributed by atoms with Crippen molar-refractivity contribution in [2.45, 2.75) is 12.8 Å². The van der Waals surface area contributed by atoms with Crippen molar-refractivity contribution in [3.63, 3.8) is 0 Å². The quantitative estimate of drug-likeness (QED) is 0.757. The fraction of sp³-hybridized carbons (Fsp3) is 0.174. The first-order chi connectivity index (χ1) is 14.8. The van der Waals surface area contributed by atoms with Crippen LogP contribution in [0.2, 0.25) is 0 Å². The molecule has 1 heterocycles. The Bertz CT molecular complexity index is 1150. The Morgan fingerprint density at radius 3 is 2.29 bits per heavy atom. The molecule has 0 aromatic heterocycles. The van der Waals surface area contributed by atoms with E-state index < -0.39 is 23.7 Å². The highest BCUT2D eigenvalue weighted by Gasteiger charge is 2.43. The Morgan fingerprint density at radius 1 is 1.10 bits per heavy atom. The van der Waals surface area contributed by atoms with Crippen LogP contribution in [0.25, 0.3) is 0 Å². The first kappa shape index (κ1) is 21.6. The maximum atomic E-state index is 14.3. The summed E-state index contributed by atoms with van der Waals surface area (Å²) in [5.74, 6) is -3.36. The number of carbonyl (C=O) groups excluding carboxylic acids is 2. The molecule has 2 aromatic rings. The van der Waals surface area contributed by atoms with Crippen LogP contribution >= 0.6 is 0 Å². The smallest absolute Gasteiger partial charge is 0.355 e. The molecule has 0 aliphatic carbocycles. The number of aryl methyl sites for hydroxylation is 1. The Labute approximate surface area is 178 Å². The van der Waals surface area contributed by atoms with E-state index in [-0.39, 0.29) is 28.4 Å². The molecule has 1 unspecified atom stereocenters. The zero-order valence-corrected chi connectivity index (χ0v) is 17.2. The lowest BCUT2D eigenvalue weighted by atomic mass is 9.81. The summed E-state index contributed by atoms with van der Waals surface area (Å²) in [5, 5.41) is 9.93. The number of carbonyl (C=O) groups is 2. The number of hydrogen-bond donors (Lipinski definition) is 1. The van der Waals surface area contributed by atoms with Gasteiger partial charge < -0.3 is 15.2 Å². The molecule has 2 N–H and O–H groups in total. The van der Waals surface area contributed by atoms with E-state index in [0.717, 1.165) is 25.2 Å². The van der Waals surface area contributed by atoms with Gasteiger partial charge in [0, 0.05) is 0 Å². The lowest BCUT2D eigenvalue weighted by Gasteiger charge is -2.35. The summed E-state index contributed by atoms with van der Waals surface area (Å²) in [6.45, 7) is 1.58. The number of ether oxygens (including phenoxy) is 2. The molecular formula is C23H20FN3O4. The second-order valence-corrected chi connectivity index (χ2v) is 6.77. The summed E-state index contributed by atoms with van der Waals surface area (Å²) in [5.41, 5.74) is 7.06. The minimum Gasteiger partial charge on any atom is -0.466 e. The predicted octanol–water partition coefficient (Wildman–Crippen LogP) is 3.03. The van der Waals surface area contributed by atoms with Crippen molar-refractivity contribution in [1.29, 1.82) is 5.26 Å². The second kappa shape index (κ2) is 8.71. The van der Waals surface area contributed by atoms with Gasteiger partial charge in [0.1, 0.15) is 17.3 Å². The van der Waals surface area contributed by atoms with Gasteiger partial charge in [-0.25, -0.2) is 14.0 Å². The number of allylic oxidation sites excluding steroid dienone is 1. The summed E-state index contributed by atoms with van der Waals surface area (Å²) in [6.07, 6.45) is 0. The average molecular weight is 421 g/mol.